The number of hydrogen-bond acceptors (Lipinski definition) is 4. The molecule has 0 saturated carbocycles. The fraction of sp³-hybridized carbons (Fsp3) is 0. The number of urea groups is 1. The van der Waals surface area contributed by atoms with Crippen molar-refractivity contribution >= 4 is 21.6 Å². The maximum Gasteiger partial charge on any atom is 0.316 e. The van der Waals surface area contributed by atoms with Crippen LogP contribution in [0.15, 0.2) is 70.5 Å². The average molecular weight is 327 g/mol. The van der Waals surface area contributed by atoms with E-state index in [1.54, 1.807) is 54.6 Å². The molecule has 0 saturated heterocycles. The van der Waals surface area contributed by atoms with E-state index in [9.17, 15) is 18.5 Å². The Labute approximate surface area is 133 Å². The van der Waals surface area contributed by atoms with E-state index in [2.05, 4.69) is 5.32 Å². The fourth-order valence-electron chi connectivity index (χ4n) is 1.96. The van der Waals surface area contributed by atoms with Crippen molar-refractivity contribution in [3.63, 3.8) is 0 Å². The standard InChI is InChI=1S/C16H13N3O3S/c17-11-14(23(21,22)13-9-5-2-6-10-13)15(19-16(18)20)12-7-3-1-4-8-12/h1-10H,(H3,18,19,20)/b15-14+. The summed E-state index contributed by atoms with van der Waals surface area (Å²) in [4.78, 5) is 10.6. The summed E-state index contributed by atoms with van der Waals surface area (Å²) in [6.45, 7) is 0. The van der Waals surface area contributed by atoms with Gasteiger partial charge in [-0.2, -0.15) is 5.26 Å². The average Bonchev–Trinajstić information content (AvgIpc) is 2.55. The minimum absolute atomic E-state index is 0.0451. The van der Waals surface area contributed by atoms with Crippen molar-refractivity contribution in [3.05, 3.63) is 71.1 Å². The highest BCUT2D eigenvalue weighted by atomic mass is 32.2. The van der Waals surface area contributed by atoms with Crippen molar-refractivity contribution in [1.82, 2.24) is 5.32 Å². The molecule has 2 amide bonds. The second-order valence-electron chi connectivity index (χ2n) is 4.49. The first-order valence-electron chi connectivity index (χ1n) is 6.53. The van der Waals surface area contributed by atoms with Crippen molar-refractivity contribution in [3.8, 4) is 6.07 Å². The Kier molecular flexibility index (Phi) is 4.79. The van der Waals surface area contributed by atoms with Crippen molar-refractivity contribution in [1.29, 1.82) is 5.26 Å². The zero-order valence-corrected chi connectivity index (χ0v) is 12.7. The predicted octanol–water partition coefficient (Wildman–Crippen LogP) is 2.02. The van der Waals surface area contributed by atoms with Gasteiger partial charge in [0.2, 0.25) is 9.84 Å². The minimum atomic E-state index is -4.10. The molecule has 0 unspecified atom stereocenters. The van der Waals surface area contributed by atoms with Gasteiger partial charge in [0.05, 0.1) is 10.6 Å². The van der Waals surface area contributed by atoms with Crippen LogP contribution in [-0.4, -0.2) is 14.4 Å². The Morgan fingerprint density at radius 3 is 2.00 bits per heavy atom. The summed E-state index contributed by atoms with van der Waals surface area (Å²) in [6.07, 6.45) is 0. The summed E-state index contributed by atoms with van der Waals surface area (Å²) < 4.78 is 25.4. The van der Waals surface area contributed by atoms with Gasteiger partial charge in [-0.1, -0.05) is 48.5 Å². The molecule has 0 fully saturated rings. The molecule has 0 aromatic heterocycles. The fourth-order valence-corrected chi connectivity index (χ4v) is 3.26. The van der Waals surface area contributed by atoms with Gasteiger partial charge in [0.15, 0.2) is 4.91 Å². The van der Waals surface area contributed by atoms with E-state index in [-0.39, 0.29) is 10.6 Å². The third-order valence-electron chi connectivity index (χ3n) is 2.96. The van der Waals surface area contributed by atoms with Crippen LogP contribution in [-0.2, 0) is 9.84 Å². The Morgan fingerprint density at radius 1 is 1.00 bits per heavy atom. The van der Waals surface area contributed by atoms with Crippen LogP contribution in [0.3, 0.4) is 0 Å². The van der Waals surface area contributed by atoms with Gasteiger partial charge in [0.25, 0.3) is 0 Å². The smallest absolute Gasteiger partial charge is 0.316 e. The predicted molar refractivity (Wildman–Crippen MR) is 85.3 cm³/mol. The van der Waals surface area contributed by atoms with E-state index in [4.69, 9.17) is 5.73 Å². The van der Waals surface area contributed by atoms with E-state index in [1.165, 1.54) is 12.1 Å². The van der Waals surface area contributed by atoms with Gasteiger partial charge in [0, 0.05) is 5.56 Å². The molecule has 0 spiro atoms. The maximum atomic E-state index is 12.7. The van der Waals surface area contributed by atoms with Gasteiger partial charge in [0.1, 0.15) is 6.07 Å². The second-order valence-corrected chi connectivity index (χ2v) is 6.37. The largest absolute Gasteiger partial charge is 0.351 e. The molecule has 116 valence electrons. The quantitative estimate of drug-likeness (QED) is 0.836. The molecular weight excluding hydrogens is 314 g/mol. The zero-order chi connectivity index (χ0) is 16.9. The molecule has 23 heavy (non-hydrogen) atoms. The number of amides is 2. The van der Waals surface area contributed by atoms with Crippen LogP contribution in [0.25, 0.3) is 5.70 Å². The number of nitrogens with zero attached hydrogens (tertiary/aromatic N) is 1. The number of allylic oxidation sites excluding steroid dienone is 1. The molecule has 0 bridgehead atoms. The van der Waals surface area contributed by atoms with E-state index < -0.39 is 20.8 Å². The lowest BCUT2D eigenvalue weighted by Crippen LogP contribution is -2.29. The highest BCUT2D eigenvalue weighted by Gasteiger charge is 2.26. The number of rotatable bonds is 4. The summed E-state index contributed by atoms with van der Waals surface area (Å²) in [5.41, 5.74) is 5.33. The van der Waals surface area contributed by atoms with E-state index in [1.807, 2.05) is 0 Å². The Bertz CT molecular complexity index is 883. The third-order valence-corrected chi connectivity index (χ3v) is 4.69. The highest BCUT2D eigenvalue weighted by Crippen LogP contribution is 2.25. The molecular formula is C16H13N3O3S. The first-order chi connectivity index (χ1) is 11.0. The first kappa shape index (κ1) is 16.3. The van der Waals surface area contributed by atoms with Gasteiger partial charge >= 0.3 is 6.03 Å². The van der Waals surface area contributed by atoms with Gasteiger partial charge in [-0.3, -0.25) is 0 Å². The van der Waals surface area contributed by atoms with Crippen LogP contribution in [0.4, 0.5) is 4.79 Å². The van der Waals surface area contributed by atoms with Crippen molar-refractivity contribution in [2.24, 2.45) is 5.73 Å². The van der Waals surface area contributed by atoms with E-state index >= 15 is 0 Å². The molecule has 2 aromatic rings. The summed E-state index contributed by atoms with van der Waals surface area (Å²) in [7, 11) is -4.10. The Balaban J connectivity index is 2.72. The number of nitriles is 1. The van der Waals surface area contributed by atoms with Gasteiger partial charge in [-0.05, 0) is 12.1 Å². The summed E-state index contributed by atoms with van der Waals surface area (Å²) >= 11 is 0. The van der Waals surface area contributed by atoms with Crippen LogP contribution >= 0.6 is 0 Å². The number of nitrogens with two attached hydrogens (primary N) is 1. The molecule has 0 aliphatic rings. The van der Waals surface area contributed by atoms with Crippen LogP contribution in [0.5, 0.6) is 0 Å². The normalized spacial score (nSPS) is 12.0. The molecule has 0 atom stereocenters. The van der Waals surface area contributed by atoms with Gasteiger partial charge in [-0.25, -0.2) is 13.2 Å². The summed E-state index contributed by atoms with van der Waals surface area (Å²) in [6, 6.07) is 16.4. The number of hydrogen-bond donors (Lipinski definition) is 2. The van der Waals surface area contributed by atoms with Gasteiger partial charge in [-0.15, -0.1) is 0 Å². The van der Waals surface area contributed by atoms with Crippen molar-refractivity contribution in [2.45, 2.75) is 4.90 Å². The molecule has 3 N–H and O–H groups in total. The van der Waals surface area contributed by atoms with Crippen molar-refractivity contribution < 1.29 is 13.2 Å². The van der Waals surface area contributed by atoms with Crippen molar-refractivity contribution in [2.75, 3.05) is 0 Å². The zero-order valence-electron chi connectivity index (χ0n) is 11.9. The maximum absolute atomic E-state index is 12.7. The molecule has 0 heterocycles. The topological polar surface area (TPSA) is 113 Å². The minimum Gasteiger partial charge on any atom is -0.351 e. The summed E-state index contributed by atoms with van der Waals surface area (Å²) in [5, 5.41) is 11.6. The van der Waals surface area contributed by atoms with E-state index in [0.717, 1.165) is 0 Å². The summed E-state index contributed by atoms with van der Waals surface area (Å²) in [5.74, 6) is 0. The van der Waals surface area contributed by atoms with Crippen LogP contribution in [0.2, 0.25) is 0 Å². The molecule has 0 radical (unpaired) electrons. The molecule has 0 aliphatic carbocycles. The van der Waals surface area contributed by atoms with E-state index in [0.29, 0.717) is 5.56 Å². The lowest BCUT2D eigenvalue weighted by atomic mass is 10.1. The lowest BCUT2D eigenvalue weighted by molar-refractivity contribution is 0.252. The second kappa shape index (κ2) is 6.77. The SMILES string of the molecule is N#C/C(=C(\NC(N)=O)c1ccccc1)S(=O)(=O)c1ccccc1. The molecule has 2 rings (SSSR count). The Hall–Kier alpha value is -3.11. The molecule has 2 aromatic carbocycles. The van der Waals surface area contributed by atoms with Crippen LogP contribution in [0, 0.1) is 11.3 Å². The molecule has 0 aliphatic heterocycles. The third kappa shape index (κ3) is 3.56. The number of sulfone groups is 1. The van der Waals surface area contributed by atoms with Gasteiger partial charge < -0.3 is 11.1 Å². The number of nitrogens with one attached hydrogen (secondary N) is 1. The first-order valence-corrected chi connectivity index (χ1v) is 8.01. The van der Waals surface area contributed by atoms with Crippen LogP contribution < -0.4 is 11.1 Å². The molecule has 6 nitrogen and oxygen atoms in total. The monoisotopic (exact) mass is 327 g/mol. The molecule has 7 heteroatoms. The highest BCUT2D eigenvalue weighted by molar-refractivity contribution is 7.95. The number of carbonyl (C=O) groups is 1. The lowest BCUT2D eigenvalue weighted by Gasteiger charge is -2.12. The number of benzene rings is 2. The number of carbonyl (C=O) groups excluding carboxylic acids is 1. The number of primary amides is 1. The Morgan fingerprint density at radius 2 is 1.52 bits per heavy atom. The van der Waals surface area contributed by atoms with Crippen LogP contribution in [0.1, 0.15) is 5.56 Å².